The fourth-order valence-electron chi connectivity index (χ4n) is 4.54. The van der Waals surface area contributed by atoms with Crippen LogP contribution in [0.3, 0.4) is 0 Å². The zero-order valence-electron chi connectivity index (χ0n) is 16.5. The zero-order chi connectivity index (χ0) is 20.6. The summed E-state index contributed by atoms with van der Waals surface area (Å²) >= 11 is 1.74. The van der Waals surface area contributed by atoms with Gasteiger partial charge in [0.05, 0.1) is 26.9 Å². The van der Waals surface area contributed by atoms with Gasteiger partial charge in [-0.1, -0.05) is 18.2 Å². The van der Waals surface area contributed by atoms with Crippen LogP contribution in [0.4, 0.5) is 0 Å². The average molecular weight is 437 g/mol. The minimum atomic E-state index is -4.05. The molecular weight excluding hydrogens is 412 g/mol. The Morgan fingerprint density at radius 2 is 1.66 bits per heavy atom. The molecule has 8 heteroatoms. The fourth-order valence-corrected chi connectivity index (χ4v) is 6.88. The van der Waals surface area contributed by atoms with Gasteiger partial charge in [0.15, 0.2) is 0 Å². The van der Waals surface area contributed by atoms with Gasteiger partial charge in [-0.25, -0.2) is 8.37 Å². The highest BCUT2D eigenvalue weighted by molar-refractivity contribution is 8.00. The van der Waals surface area contributed by atoms with Crippen molar-refractivity contribution in [3.63, 3.8) is 0 Å². The third-order valence-corrected chi connectivity index (χ3v) is 7.95. The maximum Gasteiger partial charge on any atom is 0.400 e. The lowest BCUT2D eigenvalue weighted by atomic mass is 9.88. The van der Waals surface area contributed by atoms with E-state index < -0.39 is 16.5 Å². The molecule has 0 radical (unpaired) electrons. The summed E-state index contributed by atoms with van der Waals surface area (Å²) in [5.74, 6) is 1.47. The van der Waals surface area contributed by atoms with Crippen molar-refractivity contribution < 1.29 is 26.3 Å². The molecule has 0 N–H and O–H groups in total. The molecule has 1 fully saturated rings. The van der Waals surface area contributed by atoms with Crippen LogP contribution in [0.15, 0.2) is 47.4 Å². The summed E-state index contributed by atoms with van der Waals surface area (Å²) in [7, 11) is -0.774. The molecule has 0 heterocycles. The highest BCUT2D eigenvalue weighted by Crippen LogP contribution is 2.64. The minimum Gasteiger partial charge on any atom is -0.496 e. The smallest absolute Gasteiger partial charge is 0.400 e. The number of fused-ring (bicyclic) bond motifs is 5. The zero-order valence-corrected chi connectivity index (χ0v) is 18.2. The average Bonchev–Trinajstić information content (AvgIpc) is 3.19. The Hall–Kier alpha value is -1.74. The van der Waals surface area contributed by atoms with Gasteiger partial charge in [-0.05, 0) is 37.6 Å². The molecule has 2 aromatic carbocycles. The first-order valence-corrected chi connectivity index (χ1v) is 11.7. The normalized spacial score (nSPS) is 25.1. The van der Waals surface area contributed by atoms with Crippen molar-refractivity contribution in [2.24, 2.45) is 0 Å². The number of ether oxygens (including phenoxy) is 2. The van der Waals surface area contributed by atoms with E-state index in [1.54, 1.807) is 32.9 Å². The van der Waals surface area contributed by atoms with E-state index in [-0.39, 0.29) is 23.7 Å². The number of hydrogen-bond donors (Lipinski definition) is 0. The molecule has 2 aromatic rings. The number of benzene rings is 2. The molecule has 1 unspecified atom stereocenters. The molecule has 2 bridgehead atoms. The highest BCUT2D eigenvalue weighted by atomic mass is 32.3. The van der Waals surface area contributed by atoms with Crippen LogP contribution in [0.1, 0.15) is 36.3 Å². The van der Waals surface area contributed by atoms with Gasteiger partial charge in [0, 0.05) is 33.1 Å². The van der Waals surface area contributed by atoms with Gasteiger partial charge in [0.2, 0.25) is 0 Å². The Bertz CT molecular complexity index is 976. The van der Waals surface area contributed by atoms with Crippen LogP contribution in [0.5, 0.6) is 11.5 Å². The van der Waals surface area contributed by atoms with Gasteiger partial charge >= 0.3 is 10.4 Å². The van der Waals surface area contributed by atoms with E-state index in [1.807, 2.05) is 30.3 Å². The topological polar surface area (TPSA) is 71.1 Å². The van der Waals surface area contributed by atoms with Gasteiger partial charge in [0.1, 0.15) is 11.5 Å². The van der Waals surface area contributed by atoms with Crippen molar-refractivity contribution in [3.05, 3.63) is 53.6 Å². The Morgan fingerprint density at radius 1 is 1.00 bits per heavy atom. The molecule has 0 amide bonds. The molecule has 0 saturated heterocycles. The number of thioether (sulfide) groups is 1. The molecule has 6 nitrogen and oxygen atoms in total. The summed E-state index contributed by atoms with van der Waals surface area (Å²) in [6.07, 6.45) is 0.0733. The minimum absolute atomic E-state index is 0.0407. The SMILES string of the molecule is CCOS(=O)(=O)O[C@@H]1C[C@H]2c3c(OC)ccc(OC)c3[C@@H]1C2Sc1ccccc1. The van der Waals surface area contributed by atoms with Crippen molar-refractivity contribution in [3.8, 4) is 11.5 Å². The summed E-state index contributed by atoms with van der Waals surface area (Å²) in [6.45, 7) is 1.66. The quantitative estimate of drug-likeness (QED) is 0.616. The van der Waals surface area contributed by atoms with Crippen LogP contribution in [-0.2, 0) is 18.8 Å². The lowest BCUT2D eigenvalue weighted by molar-refractivity contribution is 0.147. The maximum atomic E-state index is 12.2. The summed E-state index contributed by atoms with van der Waals surface area (Å²) in [5, 5.41) is 0.111. The Labute approximate surface area is 175 Å². The lowest BCUT2D eigenvalue weighted by Gasteiger charge is -2.26. The van der Waals surface area contributed by atoms with E-state index in [0.29, 0.717) is 6.42 Å². The molecule has 0 aliphatic heterocycles. The molecule has 4 atom stereocenters. The molecular formula is C21H24O6S2. The monoisotopic (exact) mass is 436 g/mol. The maximum absolute atomic E-state index is 12.2. The predicted molar refractivity (Wildman–Crippen MR) is 111 cm³/mol. The summed E-state index contributed by atoms with van der Waals surface area (Å²) in [6, 6.07) is 13.9. The molecule has 29 heavy (non-hydrogen) atoms. The second-order valence-electron chi connectivity index (χ2n) is 7.01. The number of hydrogen-bond acceptors (Lipinski definition) is 7. The summed E-state index contributed by atoms with van der Waals surface area (Å²) < 4.78 is 46.0. The fraction of sp³-hybridized carbons (Fsp3) is 0.429. The van der Waals surface area contributed by atoms with E-state index in [1.165, 1.54) is 0 Å². The molecule has 0 spiro atoms. The second-order valence-corrected chi connectivity index (χ2v) is 9.51. The Balaban J connectivity index is 1.76. The molecule has 2 aliphatic carbocycles. The standard InChI is InChI=1S/C21H24O6S2/c1-4-26-29(22,23)27-17-12-14-18-15(24-2)10-11-16(25-3)19(18)20(17)21(14)28-13-8-6-5-7-9-13/h5-11,14,17,20-21H,4,12H2,1-3H3/t14-,17+,20+,21?/m0/s1. The largest absolute Gasteiger partial charge is 0.496 e. The van der Waals surface area contributed by atoms with E-state index in [9.17, 15) is 8.42 Å². The van der Waals surface area contributed by atoms with E-state index in [0.717, 1.165) is 27.5 Å². The van der Waals surface area contributed by atoms with E-state index in [4.69, 9.17) is 17.8 Å². The first-order chi connectivity index (χ1) is 14.0. The number of methoxy groups -OCH3 is 2. The summed E-state index contributed by atoms with van der Waals surface area (Å²) in [4.78, 5) is 1.13. The van der Waals surface area contributed by atoms with E-state index in [2.05, 4.69) is 12.1 Å². The Kier molecular flexibility index (Phi) is 5.79. The number of rotatable bonds is 8. The lowest BCUT2D eigenvalue weighted by Crippen LogP contribution is -2.26. The summed E-state index contributed by atoms with van der Waals surface area (Å²) in [5.41, 5.74) is 2.08. The first-order valence-electron chi connectivity index (χ1n) is 9.53. The van der Waals surface area contributed by atoms with Crippen molar-refractivity contribution in [2.45, 2.75) is 41.4 Å². The van der Waals surface area contributed by atoms with E-state index >= 15 is 0 Å². The van der Waals surface area contributed by atoms with Crippen molar-refractivity contribution in [1.82, 2.24) is 0 Å². The van der Waals surface area contributed by atoms with Crippen molar-refractivity contribution in [2.75, 3.05) is 20.8 Å². The van der Waals surface area contributed by atoms with Gasteiger partial charge in [-0.2, -0.15) is 8.42 Å². The van der Waals surface area contributed by atoms with Crippen LogP contribution in [0, 0.1) is 0 Å². The Morgan fingerprint density at radius 3 is 2.28 bits per heavy atom. The molecule has 1 saturated carbocycles. The van der Waals surface area contributed by atoms with Gasteiger partial charge in [-0.3, -0.25) is 0 Å². The van der Waals surface area contributed by atoms with Gasteiger partial charge in [-0.15, -0.1) is 11.8 Å². The third kappa shape index (κ3) is 3.74. The van der Waals surface area contributed by atoms with Crippen molar-refractivity contribution >= 4 is 22.2 Å². The van der Waals surface area contributed by atoms with Crippen molar-refractivity contribution in [1.29, 1.82) is 0 Å². The molecule has 156 valence electrons. The highest BCUT2D eigenvalue weighted by Gasteiger charge is 2.56. The molecule has 2 aliphatic rings. The second kappa shape index (κ2) is 8.18. The van der Waals surface area contributed by atoms with Crippen LogP contribution < -0.4 is 9.47 Å². The first kappa shape index (κ1) is 20.5. The van der Waals surface area contributed by atoms with Crippen LogP contribution >= 0.6 is 11.8 Å². The van der Waals surface area contributed by atoms with Crippen LogP contribution in [0.2, 0.25) is 0 Å². The third-order valence-electron chi connectivity index (χ3n) is 5.51. The van der Waals surface area contributed by atoms with Gasteiger partial charge < -0.3 is 9.47 Å². The molecule has 0 aromatic heterocycles. The molecule has 4 rings (SSSR count). The van der Waals surface area contributed by atoms with Crippen LogP contribution in [-0.4, -0.2) is 40.6 Å². The predicted octanol–water partition coefficient (Wildman–Crippen LogP) is 4.12. The van der Waals surface area contributed by atoms with Gasteiger partial charge in [0.25, 0.3) is 0 Å². The van der Waals surface area contributed by atoms with Crippen LogP contribution in [0.25, 0.3) is 0 Å².